The lowest BCUT2D eigenvalue weighted by Crippen LogP contribution is -2.34. The van der Waals surface area contributed by atoms with Gasteiger partial charge in [-0.1, -0.05) is 17.7 Å². The number of amides is 1. The molecular weight excluding hydrogens is 422 g/mol. The van der Waals surface area contributed by atoms with E-state index in [1.54, 1.807) is 0 Å². The maximum atomic E-state index is 13.8. The van der Waals surface area contributed by atoms with Gasteiger partial charge in [0.1, 0.15) is 11.6 Å². The fraction of sp³-hybridized carbons (Fsp3) is 0.409. The second-order valence-electron chi connectivity index (χ2n) is 8.10. The molecule has 0 saturated heterocycles. The topological polar surface area (TPSA) is 38.3 Å². The molecule has 1 saturated carbocycles. The number of halogens is 5. The lowest BCUT2D eigenvalue weighted by molar-refractivity contribution is -0.137. The normalized spacial score (nSPS) is 23.2. The lowest BCUT2D eigenvalue weighted by atomic mass is 9.67. The number of rotatable bonds is 3. The van der Waals surface area contributed by atoms with Crippen molar-refractivity contribution < 1.29 is 27.1 Å². The molecule has 0 radical (unpaired) electrons. The minimum atomic E-state index is -4.40. The predicted molar refractivity (Wildman–Crippen MR) is 105 cm³/mol. The van der Waals surface area contributed by atoms with Gasteiger partial charge in [-0.2, -0.15) is 13.2 Å². The number of benzene rings is 2. The standard InChI is InChI=1S/C22H20ClF4NO2/c23-15-2-4-18(17(24)11-15)28-20(29)9-13-5-7-21(8-6-13)12-30-19-10-14(22(25,26)27)1-3-16(19)21/h1-4,10-11,13H,5-9,12H2,(H,28,29)/t13-,21-. The molecule has 1 amide bonds. The van der Waals surface area contributed by atoms with Gasteiger partial charge in [0.2, 0.25) is 5.91 Å². The fourth-order valence-electron chi connectivity index (χ4n) is 4.45. The van der Waals surface area contributed by atoms with E-state index in [4.69, 9.17) is 16.3 Å². The summed E-state index contributed by atoms with van der Waals surface area (Å²) in [6.07, 6.45) is -1.17. The van der Waals surface area contributed by atoms with Crippen molar-refractivity contribution >= 4 is 23.2 Å². The number of nitrogens with one attached hydrogen (secondary N) is 1. The van der Waals surface area contributed by atoms with Crippen molar-refractivity contribution in [3.63, 3.8) is 0 Å². The number of ether oxygens (including phenoxy) is 1. The number of carbonyl (C=O) groups is 1. The first kappa shape index (κ1) is 21.0. The molecule has 30 heavy (non-hydrogen) atoms. The summed E-state index contributed by atoms with van der Waals surface area (Å²) in [6, 6.07) is 7.78. The summed E-state index contributed by atoms with van der Waals surface area (Å²) in [5.74, 6) is -0.421. The van der Waals surface area contributed by atoms with Crippen LogP contribution in [0.4, 0.5) is 23.2 Å². The van der Waals surface area contributed by atoms with E-state index < -0.39 is 17.6 Å². The van der Waals surface area contributed by atoms with Gasteiger partial charge in [0.05, 0.1) is 17.9 Å². The molecule has 0 atom stereocenters. The van der Waals surface area contributed by atoms with E-state index in [1.807, 2.05) is 0 Å². The molecule has 1 aliphatic heterocycles. The Balaban J connectivity index is 1.37. The highest BCUT2D eigenvalue weighted by Gasteiger charge is 2.44. The fourth-order valence-corrected chi connectivity index (χ4v) is 4.61. The quantitative estimate of drug-likeness (QED) is 0.564. The summed E-state index contributed by atoms with van der Waals surface area (Å²) in [7, 11) is 0. The van der Waals surface area contributed by atoms with Crippen LogP contribution in [-0.2, 0) is 16.4 Å². The van der Waals surface area contributed by atoms with Crippen molar-refractivity contribution in [1.29, 1.82) is 0 Å². The van der Waals surface area contributed by atoms with Gasteiger partial charge < -0.3 is 10.1 Å². The SMILES string of the molecule is O=C(C[C@H]1CC[C@]2(CC1)COc1cc(C(F)(F)F)ccc12)Nc1ccc(Cl)cc1F. The Bertz CT molecular complexity index is 968. The van der Waals surface area contributed by atoms with Crippen molar-refractivity contribution in [2.45, 2.75) is 43.7 Å². The van der Waals surface area contributed by atoms with Crippen LogP contribution in [0.2, 0.25) is 5.02 Å². The molecule has 8 heteroatoms. The van der Waals surface area contributed by atoms with Crippen LogP contribution < -0.4 is 10.1 Å². The van der Waals surface area contributed by atoms with Gasteiger partial charge >= 0.3 is 6.18 Å². The minimum Gasteiger partial charge on any atom is -0.492 e. The first-order chi connectivity index (χ1) is 14.2. The van der Waals surface area contributed by atoms with Gasteiger partial charge in [0.25, 0.3) is 0 Å². The Morgan fingerprint density at radius 3 is 2.57 bits per heavy atom. The number of anilines is 1. The van der Waals surface area contributed by atoms with Crippen LogP contribution in [0.25, 0.3) is 0 Å². The van der Waals surface area contributed by atoms with Gasteiger partial charge in [0, 0.05) is 22.4 Å². The highest BCUT2D eigenvalue weighted by molar-refractivity contribution is 6.30. The molecule has 160 valence electrons. The van der Waals surface area contributed by atoms with Crippen LogP contribution in [0.15, 0.2) is 36.4 Å². The molecule has 4 rings (SSSR count). The summed E-state index contributed by atoms with van der Waals surface area (Å²) in [6.45, 7) is 0.360. The zero-order valence-electron chi connectivity index (χ0n) is 16.0. The Hall–Kier alpha value is -2.28. The molecular formula is C22H20ClF4NO2. The highest BCUT2D eigenvalue weighted by atomic mass is 35.5. The molecule has 1 N–H and O–H groups in total. The molecule has 3 nitrogen and oxygen atoms in total. The molecule has 0 aromatic heterocycles. The number of carbonyl (C=O) groups excluding carboxylic acids is 1. The van der Waals surface area contributed by atoms with Gasteiger partial charge in [0.15, 0.2) is 0 Å². The zero-order valence-corrected chi connectivity index (χ0v) is 16.7. The van der Waals surface area contributed by atoms with Crippen LogP contribution in [0.1, 0.15) is 43.2 Å². The Labute approximate surface area is 176 Å². The van der Waals surface area contributed by atoms with Gasteiger partial charge in [-0.3, -0.25) is 4.79 Å². The Morgan fingerprint density at radius 1 is 1.17 bits per heavy atom. The van der Waals surface area contributed by atoms with E-state index in [0.29, 0.717) is 12.4 Å². The van der Waals surface area contributed by atoms with Crippen LogP contribution in [0, 0.1) is 11.7 Å². The van der Waals surface area contributed by atoms with Crippen LogP contribution in [-0.4, -0.2) is 12.5 Å². The van der Waals surface area contributed by atoms with Crippen molar-refractivity contribution in [2.75, 3.05) is 11.9 Å². The monoisotopic (exact) mass is 441 g/mol. The van der Waals surface area contributed by atoms with Gasteiger partial charge in [-0.15, -0.1) is 0 Å². The van der Waals surface area contributed by atoms with E-state index in [9.17, 15) is 22.4 Å². The number of hydrogen-bond acceptors (Lipinski definition) is 2. The summed E-state index contributed by atoms with van der Waals surface area (Å²) >= 11 is 5.72. The third-order valence-corrected chi connectivity index (χ3v) is 6.36. The van der Waals surface area contributed by atoms with Crippen molar-refractivity contribution in [3.8, 4) is 5.75 Å². The third kappa shape index (κ3) is 4.13. The first-order valence-corrected chi connectivity index (χ1v) is 10.1. The average Bonchev–Trinajstić information content (AvgIpc) is 3.03. The van der Waals surface area contributed by atoms with Gasteiger partial charge in [-0.05, 0) is 61.9 Å². The molecule has 1 fully saturated rings. The van der Waals surface area contributed by atoms with E-state index in [-0.39, 0.29) is 34.4 Å². The Morgan fingerprint density at radius 2 is 1.90 bits per heavy atom. The summed E-state index contributed by atoms with van der Waals surface area (Å²) in [5.41, 5.74) is -0.0932. The maximum absolute atomic E-state index is 13.8. The van der Waals surface area contributed by atoms with Crippen LogP contribution in [0.5, 0.6) is 5.75 Å². The highest BCUT2D eigenvalue weighted by Crippen LogP contribution is 2.50. The molecule has 2 aliphatic rings. The number of alkyl halides is 3. The molecule has 0 bridgehead atoms. The molecule has 2 aromatic carbocycles. The second kappa shape index (κ2) is 7.76. The van der Waals surface area contributed by atoms with Crippen LogP contribution >= 0.6 is 11.6 Å². The van der Waals surface area contributed by atoms with E-state index in [1.165, 1.54) is 18.2 Å². The summed E-state index contributed by atoms with van der Waals surface area (Å²) in [5, 5.41) is 2.83. The van der Waals surface area contributed by atoms with E-state index >= 15 is 0 Å². The summed E-state index contributed by atoms with van der Waals surface area (Å²) in [4.78, 5) is 12.3. The lowest BCUT2D eigenvalue weighted by Gasteiger charge is -2.36. The largest absolute Gasteiger partial charge is 0.492 e. The smallest absolute Gasteiger partial charge is 0.416 e. The van der Waals surface area contributed by atoms with Crippen molar-refractivity contribution in [2.24, 2.45) is 5.92 Å². The number of fused-ring (bicyclic) bond motifs is 2. The second-order valence-corrected chi connectivity index (χ2v) is 8.53. The van der Waals surface area contributed by atoms with E-state index in [0.717, 1.165) is 49.4 Å². The van der Waals surface area contributed by atoms with E-state index in [2.05, 4.69) is 5.32 Å². The van der Waals surface area contributed by atoms with Crippen molar-refractivity contribution in [3.05, 3.63) is 58.4 Å². The molecule has 2 aromatic rings. The molecule has 1 heterocycles. The first-order valence-electron chi connectivity index (χ1n) is 9.76. The summed E-state index contributed by atoms with van der Waals surface area (Å²) < 4.78 is 58.3. The molecule has 0 unspecified atom stereocenters. The molecule has 1 spiro atoms. The third-order valence-electron chi connectivity index (χ3n) is 6.13. The Kier molecular flexibility index (Phi) is 5.43. The molecule has 1 aliphatic carbocycles. The van der Waals surface area contributed by atoms with Gasteiger partial charge in [-0.25, -0.2) is 4.39 Å². The maximum Gasteiger partial charge on any atom is 0.416 e. The number of hydrogen-bond donors (Lipinski definition) is 1. The minimum absolute atomic E-state index is 0.0928. The van der Waals surface area contributed by atoms with Crippen LogP contribution in [0.3, 0.4) is 0 Å². The van der Waals surface area contributed by atoms with Crippen molar-refractivity contribution in [1.82, 2.24) is 0 Å². The predicted octanol–water partition coefficient (Wildman–Crippen LogP) is 6.35. The zero-order chi connectivity index (χ0) is 21.5. The average molecular weight is 442 g/mol.